The molecule has 0 bridgehead atoms. The fourth-order valence-corrected chi connectivity index (χ4v) is 2.16. The van der Waals surface area contributed by atoms with Crippen molar-refractivity contribution in [3.05, 3.63) is 34.9 Å². The third-order valence-electron chi connectivity index (χ3n) is 4.10. The van der Waals surface area contributed by atoms with Crippen LogP contribution in [0.4, 0.5) is 0 Å². The lowest BCUT2D eigenvalue weighted by Crippen LogP contribution is -2.43. The third-order valence-corrected chi connectivity index (χ3v) is 4.10. The van der Waals surface area contributed by atoms with Crippen LogP contribution in [0.5, 0.6) is 0 Å². The van der Waals surface area contributed by atoms with Gasteiger partial charge in [0, 0.05) is 18.0 Å². The van der Waals surface area contributed by atoms with E-state index >= 15 is 0 Å². The molecule has 0 spiro atoms. The molecule has 1 unspecified atom stereocenters. The van der Waals surface area contributed by atoms with Gasteiger partial charge in [0.25, 0.3) is 0 Å². The summed E-state index contributed by atoms with van der Waals surface area (Å²) < 4.78 is 0. The summed E-state index contributed by atoms with van der Waals surface area (Å²) in [5.41, 5.74) is 4.10. The Labute approximate surface area is 118 Å². The third kappa shape index (κ3) is 4.32. The molecule has 0 aromatic heterocycles. The van der Waals surface area contributed by atoms with Gasteiger partial charge in [-0.15, -0.1) is 0 Å². The van der Waals surface area contributed by atoms with Crippen molar-refractivity contribution in [3.63, 3.8) is 0 Å². The quantitative estimate of drug-likeness (QED) is 0.826. The van der Waals surface area contributed by atoms with E-state index in [9.17, 15) is 5.11 Å². The monoisotopic (exact) mass is 263 g/mol. The Morgan fingerprint density at radius 2 is 1.79 bits per heavy atom. The normalized spacial score (nSPS) is 13.9. The number of hydrogen-bond acceptors (Lipinski definition) is 2. The number of aliphatic hydroxyl groups is 1. The second-order valence-electron chi connectivity index (χ2n) is 6.60. The molecule has 1 aromatic carbocycles. The van der Waals surface area contributed by atoms with E-state index in [0.717, 1.165) is 6.54 Å². The van der Waals surface area contributed by atoms with Gasteiger partial charge in [-0.1, -0.05) is 45.9 Å². The molecule has 1 atom stereocenters. The molecule has 0 saturated carbocycles. The van der Waals surface area contributed by atoms with E-state index in [2.05, 4.69) is 65.1 Å². The summed E-state index contributed by atoms with van der Waals surface area (Å²) in [4.78, 5) is 0. The molecule has 0 radical (unpaired) electrons. The molecule has 0 aliphatic carbocycles. The summed E-state index contributed by atoms with van der Waals surface area (Å²) in [5, 5.41) is 12.9. The molecule has 2 N–H and O–H groups in total. The maximum atomic E-state index is 9.38. The Hall–Kier alpha value is -0.860. The average Bonchev–Trinajstić information content (AvgIpc) is 2.32. The van der Waals surface area contributed by atoms with Crippen LogP contribution in [0, 0.1) is 19.8 Å². The summed E-state index contributed by atoms with van der Waals surface area (Å²) in [6.07, 6.45) is 0. The number of aliphatic hydroxyl groups excluding tert-OH is 1. The van der Waals surface area contributed by atoms with Crippen LogP contribution in [0.1, 0.15) is 44.4 Å². The van der Waals surface area contributed by atoms with Gasteiger partial charge in [-0.25, -0.2) is 0 Å². The smallest absolute Gasteiger partial charge is 0.0587 e. The molecular weight excluding hydrogens is 234 g/mol. The zero-order valence-corrected chi connectivity index (χ0v) is 13.2. The van der Waals surface area contributed by atoms with Crippen LogP contribution < -0.4 is 5.32 Å². The van der Waals surface area contributed by atoms with Crippen molar-refractivity contribution in [1.82, 2.24) is 5.32 Å². The Balaban J connectivity index is 2.77. The molecule has 2 heteroatoms. The number of hydrogen-bond donors (Lipinski definition) is 2. The molecule has 0 saturated heterocycles. The molecule has 0 heterocycles. The van der Waals surface area contributed by atoms with Crippen LogP contribution in [0.3, 0.4) is 0 Å². The standard InChI is InChI=1S/C17H29NO/c1-12(2)16(10-19)18-11-17(5,6)15-8-7-13(3)14(4)9-15/h7-9,12,16,18-19H,10-11H2,1-6H3. The van der Waals surface area contributed by atoms with Gasteiger partial charge in [0.2, 0.25) is 0 Å². The lowest BCUT2D eigenvalue weighted by atomic mass is 9.83. The minimum Gasteiger partial charge on any atom is -0.395 e. The van der Waals surface area contributed by atoms with E-state index in [-0.39, 0.29) is 18.1 Å². The first-order valence-corrected chi connectivity index (χ1v) is 7.20. The van der Waals surface area contributed by atoms with Gasteiger partial charge in [-0.3, -0.25) is 0 Å². The van der Waals surface area contributed by atoms with Gasteiger partial charge >= 0.3 is 0 Å². The van der Waals surface area contributed by atoms with E-state index in [4.69, 9.17) is 0 Å². The number of nitrogens with one attached hydrogen (secondary N) is 1. The van der Waals surface area contributed by atoms with Gasteiger partial charge in [0.05, 0.1) is 6.61 Å². The number of aryl methyl sites for hydroxylation is 2. The summed E-state index contributed by atoms with van der Waals surface area (Å²) in [6, 6.07) is 6.86. The highest BCUT2D eigenvalue weighted by Gasteiger charge is 2.23. The first-order valence-electron chi connectivity index (χ1n) is 7.20. The molecule has 0 fully saturated rings. The molecule has 1 aromatic rings. The van der Waals surface area contributed by atoms with E-state index in [1.807, 2.05) is 0 Å². The lowest BCUT2D eigenvalue weighted by molar-refractivity contribution is 0.204. The van der Waals surface area contributed by atoms with Gasteiger partial charge in [0.15, 0.2) is 0 Å². The van der Waals surface area contributed by atoms with E-state index in [1.165, 1.54) is 16.7 Å². The summed E-state index contributed by atoms with van der Waals surface area (Å²) in [7, 11) is 0. The molecule has 1 rings (SSSR count). The van der Waals surface area contributed by atoms with Crippen molar-refractivity contribution < 1.29 is 5.11 Å². The molecular formula is C17H29NO. The lowest BCUT2D eigenvalue weighted by Gasteiger charge is -2.30. The van der Waals surface area contributed by atoms with Crippen LogP contribution in [0.2, 0.25) is 0 Å². The van der Waals surface area contributed by atoms with Crippen molar-refractivity contribution >= 4 is 0 Å². The number of benzene rings is 1. The predicted octanol–water partition coefficient (Wildman–Crippen LogP) is 3.19. The van der Waals surface area contributed by atoms with Crippen LogP contribution >= 0.6 is 0 Å². The Morgan fingerprint density at radius 3 is 2.26 bits per heavy atom. The maximum Gasteiger partial charge on any atom is 0.0587 e. The highest BCUT2D eigenvalue weighted by atomic mass is 16.3. The topological polar surface area (TPSA) is 32.3 Å². The Bertz CT molecular complexity index is 410. The molecule has 19 heavy (non-hydrogen) atoms. The maximum absolute atomic E-state index is 9.38. The van der Waals surface area contributed by atoms with Gasteiger partial charge in [0.1, 0.15) is 0 Å². The minimum absolute atomic E-state index is 0.0702. The van der Waals surface area contributed by atoms with Crippen molar-refractivity contribution in [2.45, 2.75) is 53.0 Å². The average molecular weight is 263 g/mol. The van der Waals surface area contributed by atoms with Crippen molar-refractivity contribution in [2.75, 3.05) is 13.2 Å². The fourth-order valence-electron chi connectivity index (χ4n) is 2.16. The summed E-state index contributed by atoms with van der Waals surface area (Å²) in [5.74, 6) is 0.445. The molecule has 108 valence electrons. The van der Waals surface area contributed by atoms with Crippen molar-refractivity contribution in [1.29, 1.82) is 0 Å². The molecule has 2 nitrogen and oxygen atoms in total. The molecule has 0 amide bonds. The van der Waals surface area contributed by atoms with Gasteiger partial charge in [-0.05, 0) is 36.5 Å². The zero-order chi connectivity index (χ0) is 14.6. The highest BCUT2D eigenvalue weighted by molar-refractivity contribution is 5.34. The van der Waals surface area contributed by atoms with E-state index in [1.54, 1.807) is 0 Å². The molecule has 0 aliphatic rings. The zero-order valence-electron chi connectivity index (χ0n) is 13.2. The first kappa shape index (κ1) is 16.2. The second kappa shape index (κ2) is 6.53. The van der Waals surface area contributed by atoms with Crippen molar-refractivity contribution in [2.24, 2.45) is 5.92 Å². The largest absolute Gasteiger partial charge is 0.395 e. The second-order valence-corrected chi connectivity index (χ2v) is 6.60. The first-order chi connectivity index (χ1) is 8.77. The van der Waals surface area contributed by atoms with Crippen molar-refractivity contribution in [3.8, 4) is 0 Å². The Kier molecular flexibility index (Phi) is 5.57. The fraction of sp³-hybridized carbons (Fsp3) is 0.647. The minimum atomic E-state index is 0.0702. The van der Waals surface area contributed by atoms with Gasteiger partial charge in [-0.2, -0.15) is 0 Å². The summed E-state index contributed by atoms with van der Waals surface area (Å²) in [6.45, 7) is 14.1. The van der Waals surface area contributed by atoms with E-state index in [0.29, 0.717) is 5.92 Å². The van der Waals surface area contributed by atoms with Crippen LogP contribution in [0.25, 0.3) is 0 Å². The Morgan fingerprint density at radius 1 is 1.16 bits per heavy atom. The predicted molar refractivity (Wildman–Crippen MR) is 82.7 cm³/mol. The molecule has 0 aliphatic heterocycles. The van der Waals surface area contributed by atoms with E-state index < -0.39 is 0 Å². The van der Waals surface area contributed by atoms with Gasteiger partial charge < -0.3 is 10.4 Å². The van der Waals surface area contributed by atoms with Crippen LogP contribution in [0.15, 0.2) is 18.2 Å². The van der Waals surface area contributed by atoms with Crippen LogP contribution in [-0.4, -0.2) is 24.3 Å². The number of rotatable bonds is 6. The summed E-state index contributed by atoms with van der Waals surface area (Å²) >= 11 is 0. The highest BCUT2D eigenvalue weighted by Crippen LogP contribution is 2.24. The van der Waals surface area contributed by atoms with Crippen LogP contribution in [-0.2, 0) is 5.41 Å². The SMILES string of the molecule is Cc1ccc(C(C)(C)CNC(CO)C(C)C)cc1C.